The summed E-state index contributed by atoms with van der Waals surface area (Å²) in [7, 11) is 0. The number of hydrogen-bond acceptors (Lipinski definition) is 6. The minimum Gasteiger partial charge on any atom is -0.481 e. The third-order valence-electron chi connectivity index (χ3n) is 3.58. The molecule has 2 amide bonds. The minimum absolute atomic E-state index is 0.229. The van der Waals surface area contributed by atoms with Crippen LogP contribution in [0.3, 0.4) is 0 Å². The van der Waals surface area contributed by atoms with Gasteiger partial charge < -0.3 is 9.26 Å². The minimum atomic E-state index is -0.755. The summed E-state index contributed by atoms with van der Waals surface area (Å²) < 4.78 is 11.5. The van der Waals surface area contributed by atoms with Crippen molar-refractivity contribution in [2.24, 2.45) is 0 Å². The van der Waals surface area contributed by atoms with Crippen LogP contribution in [0.5, 0.6) is 5.75 Å². The van der Waals surface area contributed by atoms with Gasteiger partial charge in [-0.2, -0.15) is 4.98 Å². The molecule has 0 spiro atoms. The van der Waals surface area contributed by atoms with Crippen LogP contribution in [0.4, 0.5) is 0 Å². The van der Waals surface area contributed by atoms with Gasteiger partial charge in [-0.1, -0.05) is 34.1 Å². The summed E-state index contributed by atoms with van der Waals surface area (Å²) in [5, 5.41) is 3.86. The van der Waals surface area contributed by atoms with Crippen LogP contribution >= 0.6 is 15.9 Å². The smallest absolute Gasteiger partial charge is 0.279 e. The molecule has 0 aliphatic carbocycles. The second-order valence-electron chi connectivity index (χ2n) is 5.96. The molecule has 27 heavy (non-hydrogen) atoms. The quantitative estimate of drug-likeness (QED) is 0.582. The maximum Gasteiger partial charge on any atom is 0.279 e. The number of ether oxygens (including phenoxy) is 1. The highest BCUT2D eigenvalue weighted by Gasteiger charge is 2.15. The zero-order valence-corrected chi connectivity index (χ0v) is 16.9. The summed E-state index contributed by atoms with van der Waals surface area (Å²) in [6.07, 6.45) is 2.25. The van der Waals surface area contributed by atoms with Crippen molar-refractivity contribution in [3.05, 3.63) is 40.5 Å². The van der Waals surface area contributed by atoms with Crippen molar-refractivity contribution in [2.45, 2.75) is 52.1 Å². The Morgan fingerprint density at radius 1 is 1.30 bits per heavy atom. The number of nitrogens with one attached hydrogen (secondary N) is 2. The van der Waals surface area contributed by atoms with Crippen LogP contribution in [0.15, 0.2) is 33.3 Å². The first kappa shape index (κ1) is 20.9. The van der Waals surface area contributed by atoms with E-state index in [1.165, 1.54) is 0 Å². The molecule has 2 rings (SSSR count). The van der Waals surface area contributed by atoms with Crippen molar-refractivity contribution in [1.29, 1.82) is 0 Å². The van der Waals surface area contributed by atoms with E-state index in [4.69, 9.17) is 9.26 Å². The first-order valence-electron chi connectivity index (χ1n) is 8.80. The summed E-state index contributed by atoms with van der Waals surface area (Å²) in [5.74, 6) is 1.02. The Bertz CT molecular complexity index is 765. The van der Waals surface area contributed by atoms with E-state index in [0.717, 1.165) is 17.3 Å². The summed E-state index contributed by atoms with van der Waals surface area (Å²) >= 11 is 3.34. The van der Waals surface area contributed by atoms with Crippen molar-refractivity contribution >= 4 is 27.7 Å². The number of hydrazine groups is 1. The highest BCUT2D eigenvalue weighted by Crippen LogP contribution is 2.18. The topological polar surface area (TPSA) is 106 Å². The molecule has 146 valence electrons. The molecule has 1 atom stereocenters. The predicted octanol–water partition coefficient (Wildman–Crippen LogP) is 2.72. The number of halogens is 1. The van der Waals surface area contributed by atoms with Crippen molar-refractivity contribution in [2.75, 3.05) is 0 Å². The van der Waals surface area contributed by atoms with Crippen LogP contribution < -0.4 is 15.6 Å². The van der Waals surface area contributed by atoms with Crippen LogP contribution in [0.25, 0.3) is 0 Å². The molecule has 0 bridgehead atoms. The first-order chi connectivity index (χ1) is 13.0. The molecular formula is C18H23BrN4O4. The van der Waals surface area contributed by atoms with Crippen LogP contribution in [-0.4, -0.2) is 28.1 Å². The zero-order chi connectivity index (χ0) is 19.6. The van der Waals surface area contributed by atoms with Crippen LogP contribution in [0.2, 0.25) is 0 Å². The number of nitrogens with zero attached hydrogens (tertiary/aromatic N) is 2. The van der Waals surface area contributed by atoms with E-state index < -0.39 is 12.0 Å². The molecule has 2 N–H and O–H groups in total. The number of hydrogen-bond donors (Lipinski definition) is 2. The van der Waals surface area contributed by atoms with Gasteiger partial charge in [0.25, 0.3) is 5.91 Å². The van der Waals surface area contributed by atoms with E-state index in [1.54, 1.807) is 25.1 Å². The maximum absolute atomic E-state index is 12.0. The number of aryl methyl sites for hydroxylation is 2. The lowest BCUT2D eigenvalue weighted by atomic mass is 10.2. The lowest BCUT2D eigenvalue weighted by Gasteiger charge is -2.15. The summed E-state index contributed by atoms with van der Waals surface area (Å²) in [5.41, 5.74) is 4.74. The number of rotatable bonds is 9. The third-order valence-corrected chi connectivity index (χ3v) is 4.07. The molecule has 0 radical (unpaired) electrons. The van der Waals surface area contributed by atoms with E-state index in [1.807, 2.05) is 13.0 Å². The number of carbonyl (C=O) groups is 2. The average molecular weight is 439 g/mol. The molecule has 2 aromatic rings. The molecule has 1 aromatic heterocycles. The van der Waals surface area contributed by atoms with E-state index in [2.05, 4.69) is 36.9 Å². The monoisotopic (exact) mass is 438 g/mol. The van der Waals surface area contributed by atoms with Gasteiger partial charge >= 0.3 is 0 Å². The molecule has 8 nitrogen and oxygen atoms in total. The van der Waals surface area contributed by atoms with Crippen molar-refractivity contribution in [3.8, 4) is 5.75 Å². The van der Waals surface area contributed by atoms with E-state index in [-0.39, 0.29) is 12.3 Å². The fourth-order valence-corrected chi connectivity index (χ4v) is 2.59. The van der Waals surface area contributed by atoms with Crippen LogP contribution in [0.1, 0.15) is 44.8 Å². The van der Waals surface area contributed by atoms with E-state index in [9.17, 15) is 9.59 Å². The Hall–Kier alpha value is -2.42. The van der Waals surface area contributed by atoms with Gasteiger partial charge in [0.1, 0.15) is 5.75 Å². The molecular weight excluding hydrogens is 416 g/mol. The van der Waals surface area contributed by atoms with Gasteiger partial charge in [0.15, 0.2) is 11.9 Å². The third kappa shape index (κ3) is 7.38. The summed E-state index contributed by atoms with van der Waals surface area (Å²) in [6, 6.07) is 7.17. The lowest BCUT2D eigenvalue weighted by molar-refractivity contribution is -0.132. The molecule has 1 heterocycles. The molecule has 1 aromatic carbocycles. The largest absolute Gasteiger partial charge is 0.481 e. The van der Waals surface area contributed by atoms with Crippen molar-refractivity contribution < 1.29 is 18.8 Å². The van der Waals surface area contributed by atoms with Gasteiger partial charge in [0.05, 0.1) is 0 Å². The Morgan fingerprint density at radius 3 is 2.85 bits per heavy atom. The van der Waals surface area contributed by atoms with Crippen molar-refractivity contribution in [1.82, 2.24) is 21.0 Å². The highest BCUT2D eigenvalue weighted by atomic mass is 79.9. The Morgan fingerprint density at radius 2 is 2.11 bits per heavy atom. The number of amides is 2. The Kier molecular flexibility index (Phi) is 8.25. The van der Waals surface area contributed by atoms with E-state index >= 15 is 0 Å². The van der Waals surface area contributed by atoms with Gasteiger partial charge in [-0.05, 0) is 38.0 Å². The molecule has 0 fully saturated rings. The molecule has 9 heteroatoms. The van der Waals surface area contributed by atoms with Crippen LogP contribution in [-0.2, 0) is 22.4 Å². The second-order valence-corrected chi connectivity index (χ2v) is 6.88. The van der Waals surface area contributed by atoms with Gasteiger partial charge in [-0.25, -0.2) is 0 Å². The molecule has 0 aliphatic heterocycles. The SMILES string of the molecule is CCCc1noc(CCCC(=O)NNC(=O)C(C)Oc2cccc(Br)c2)n1. The van der Waals surface area contributed by atoms with E-state index in [0.29, 0.717) is 30.3 Å². The van der Waals surface area contributed by atoms with Gasteiger partial charge in [-0.15, -0.1) is 0 Å². The van der Waals surface area contributed by atoms with Gasteiger partial charge in [0.2, 0.25) is 11.8 Å². The molecule has 0 saturated carbocycles. The number of benzene rings is 1. The fraction of sp³-hybridized carbons (Fsp3) is 0.444. The second kappa shape index (κ2) is 10.7. The number of aromatic nitrogens is 2. The number of carbonyl (C=O) groups excluding carboxylic acids is 2. The normalized spacial score (nSPS) is 11.7. The molecule has 1 unspecified atom stereocenters. The van der Waals surface area contributed by atoms with Gasteiger partial charge in [0, 0.05) is 23.7 Å². The highest BCUT2D eigenvalue weighted by molar-refractivity contribution is 9.10. The summed E-state index contributed by atoms with van der Waals surface area (Å²) in [6.45, 7) is 3.64. The molecule has 0 aliphatic rings. The predicted molar refractivity (Wildman–Crippen MR) is 102 cm³/mol. The zero-order valence-electron chi connectivity index (χ0n) is 15.3. The van der Waals surface area contributed by atoms with Crippen molar-refractivity contribution in [3.63, 3.8) is 0 Å². The molecule has 0 saturated heterocycles. The maximum atomic E-state index is 12.0. The fourth-order valence-electron chi connectivity index (χ4n) is 2.21. The van der Waals surface area contributed by atoms with Gasteiger partial charge in [-0.3, -0.25) is 20.4 Å². The van der Waals surface area contributed by atoms with Crippen LogP contribution in [0, 0.1) is 0 Å². The Balaban J connectivity index is 1.65. The average Bonchev–Trinajstić information content (AvgIpc) is 3.07. The Labute approximate surface area is 166 Å². The first-order valence-corrected chi connectivity index (χ1v) is 9.59. The lowest BCUT2D eigenvalue weighted by Crippen LogP contribution is -2.47. The summed E-state index contributed by atoms with van der Waals surface area (Å²) in [4.78, 5) is 28.1. The standard InChI is InChI=1S/C18H23BrN4O4/c1-3-6-15-20-17(27-23-15)10-5-9-16(24)21-22-18(25)12(2)26-14-8-4-7-13(19)11-14/h4,7-8,11-12H,3,5-6,9-10H2,1-2H3,(H,21,24)(H,22,25).